The highest BCUT2D eigenvalue weighted by atomic mass is 16.6. The molecule has 1 spiro atoms. The number of ether oxygens (including phenoxy) is 3. The van der Waals surface area contributed by atoms with Crippen LogP contribution in [0.5, 0.6) is 11.8 Å². The number of pyridine rings is 1. The molecule has 248 valence electrons. The zero-order valence-corrected chi connectivity index (χ0v) is 28.3. The SMILES string of the molecule is Cn1nc(-c2ccc(OCc3ccccc3)nc2OCc2ccccc2)c2ccc(C3CC4(CCN(C(=O)OC(C)(C)C)CC4)C3)cc21. The van der Waals surface area contributed by atoms with Gasteiger partial charge in [-0.15, -0.1) is 0 Å². The summed E-state index contributed by atoms with van der Waals surface area (Å²) < 4.78 is 20.0. The van der Waals surface area contributed by atoms with Crippen molar-refractivity contribution in [3.63, 3.8) is 0 Å². The van der Waals surface area contributed by atoms with Crippen molar-refractivity contribution in [2.24, 2.45) is 12.5 Å². The molecule has 1 aliphatic heterocycles. The molecule has 3 heterocycles. The summed E-state index contributed by atoms with van der Waals surface area (Å²) in [5, 5.41) is 6.04. The normalized spacial score (nSPS) is 16.1. The number of aromatic nitrogens is 3. The number of carbonyl (C=O) groups is 1. The summed E-state index contributed by atoms with van der Waals surface area (Å²) in [5.41, 5.74) is 6.08. The second-order valence-electron chi connectivity index (χ2n) is 14.4. The molecule has 8 nitrogen and oxygen atoms in total. The van der Waals surface area contributed by atoms with Crippen LogP contribution < -0.4 is 9.47 Å². The lowest BCUT2D eigenvalue weighted by atomic mass is 9.56. The molecule has 1 saturated heterocycles. The van der Waals surface area contributed by atoms with E-state index in [4.69, 9.17) is 24.3 Å². The lowest BCUT2D eigenvalue weighted by Crippen LogP contribution is -2.49. The molecule has 0 bridgehead atoms. The van der Waals surface area contributed by atoms with Crippen LogP contribution in [0.2, 0.25) is 0 Å². The number of piperidine rings is 1. The van der Waals surface area contributed by atoms with Crippen molar-refractivity contribution in [1.82, 2.24) is 19.7 Å². The fourth-order valence-corrected chi connectivity index (χ4v) is 7.10. The Morgan fingerprint density at radius 1 is 0.854 bits per heavy atom. The van der Waals surface area contributed by atoms with Gasteiger partial charge in [-0.25, -0.2) is 4.79 Å². The molecule has 0 N–H and O–H groups in total. The van der Waals surface area contributed by atoms with Gasteiger partial charge in [-0.1, -0.05) is 72.8 Å². The number of fused-ring (bicyclic) bond motifs is 1. The van der Waals surface area contributed by atoms with Gasteiger partial charge in [-0.2, -0.15) is 10.1 Å². The number of rotatable bonds is 8. The van der Waals surface area contributed by atoms with Gasteiger partial charge in [0.25, 0.3) is 0 Å². The van der Waals surface area contributed by atoms with Gasteiger partial charge in [0.05, 0.1) is 11.1 Å². The first kappa shape index (κ1) is 31.7. The number of benzene rings is 3. The zero-order chi connectivity index (χ0) is 33.3. The third-order valence-corrected chi connectivity index (χ3v) is 9.72. The fourth-order valence-electron chi connectivity index (χ4n) is 7.10. The molecule has 2 aromatic heterocycles. The maximum atomic E-state index is 12.6. The Bertz CT molecular complexity index is 1880. The maximum Gasteiger partial charge on any atom is 0.410 e. The lowest BCUT2D eigenvalue weighted by Gasteiger charge is -2.52. The average Bonchev–Trinajstić information content (AvgIpc) is 3.40. The van der Waals surface area contributed by atoms with E-state index < -0.39 is 5.60 Å². The van der Waals surface area contributed by atoms with Gasteiger partial charge < -0.3 is 19.1 Å². The molecule has 1 aliphatic carbocycles. The molecule has 0 radical (unpaired) electrons. The summed E-state index contributed by atoms with van der Waals surface area (Å²) in [6.07, 6.45) is 4.17. The highest BCUT2D eigenvalue weighted by Crippen LogP contribution is 2.57. The first-order valence-corrected chi connectivity index (χ1v) is 16.9. The van der Waals surface area contributed by atoms with E-state index in [1.165, 1.54) is 5.56 Å². The van der Waals surface area contributed by atoms with Gasteiger partial charge in [0.2, 0.25) is 11.8 Å². The molecule has 0 atom stereocenters. The third-order valence-electron chi connectivity index (χ3n) is 9.72. The minimum Gasteiger partial charge on any atom is -0.473 e. The molecule has 0 unspecified atom stereocenters. The predicted molar refractivity (Wildman–Crippen MR) is 187 cm³/mol. The average molecular weight is 645 g/mol. The van der Waals surface area contributed by atoms with Crippen molar-refractivity contribution in [3.8, 4) is 23.0 Å². The van der Waals surface area contributed by atoms with E-state index in [2.05, 4.69) is 18.2 Å². The van der Waals surface area contributed by atoms with E-state index >= 15 is 0 Å². The molecule has 2 aliphatic rings. The monoisotopic (exact) mass is 644 g/mol. The Morgan fingerprint density at radius 2 is 1.50 bits per heavy atom. The summed E-state index contributed by atoms with van der Waals surface area (Å²) in [7, 11) is 2.00. The topological polar surface area (TPSA) is 78.7 Å². The van der Waals surface area contributed by atoms with Crippen LogP contribution in [-0.2, 0) is 25.0 Å². The molecule has 48 heavy (non-hydrogen) atoms. The van der Waals surface area contributed by atoms with E-state index in [9.17, 15) is 4.79 Å². The summed E-state index contributed by atoms with van der Waals surface area (Å²) in [5.74, 6) is 1.50. The Morgan fingerprint density at radius 3 is 2.15 bits per heavy atom. The molecule has 8 heteroatoms. The summed E-state index contributed by atoms with van der Waals surface area (Å²) >= 11 is 0. The van der Waals surface area contributed by atoms with Crippen molar-refractivity contribution in [3.05, 3.63) is 108 Å². The molecule has 1 saturated carbocycles. The summed E-state index contributed by atoms with van der Waals surface area (Å²) in [6.45, 7) is 8.10. The number of hydrogen-bond donors (Lipinski definition) is 0. The Hall–Kier alpha value is -4.85. The van der Waals surface area contributed by atoms with E-state index in [1.54, 1.807) is 0 Å². The van der Waals surface area contributed by atoms with E-state index in [0.29, 0.717) is 36.3 Å². The highest BCUT2D eigenvalue weighted by molar-refractivity contribution is 5.95. The smallest absolute Gasteiger partial charge is 0.410 e. The quantitative estimate of drug-likeness (QED) is 0.168. The highest BCUT2D eigenvalue weighted by Gasteiger charge is 2.47. The third kappa shape index (κ3) is 6.89. The fraction of sp³-hybridized carbons (Fsp3) is 0.375. The lowest BCUT2D eigenvalue weighted by molar-refractivity contribution is -0.0121. The number of aryl methyl sites for hydroxylation is 1. The minimum atomic E-state index is -0.467. The van der Waals surface area contributed by atoms with Crippen LogP contribution in [0.1, 0.15) is 69.1 Å². The molecule has 3 aromatic carbocycles. The second-order valence-corrected chi connectivity index (χ2v) is 14.4. The Balaban J connectivity index is 1.08. The largest absolute Gasteiger partial charge is 0.473 e. The van der Waals surface area contributed by atoms with Gasteiger partial charge >= 0.3 is 6.09 Å². The van der Waals surface area contributed by atoms with E-state index in [0.717, 1.165) is 72.1 Å². The molecule has 5 aromatic rings. The van der Waals surface area contributed by atoms with Crippen LogP contribution in [0.3, 0.4) is 0 Å². The number of nitrogens with zero attached hydrogens (tertiary/aromatic N) is 4. The Kier molecular flexibility index (Phi) is 8.58. The van der Waals surface area contributed by atoms with Crippen molar-refractivity contribution in [2.45, 2.75) is 71.2 Å². The van der Waals surface area contributed by atoms with Crippen molar-refractivity contribution in [2.75, 3.05) is 13.1 Å². The standard InChI is InChI=1S/C40H44N4O4/c1-39(2,3)48-38(45)44-21-19-40(20-22-44)24-31(25-40)30-15-16-32-34(23-30)43(4)42-36(32)33-17-18-35(46-26-28-11-7-5-8-12-28)41-37(33)47-27-29-13-9-6-10-14-29/h5-18,23,31H,19-22,24-27H2,1-4H3. The number of carbonyl (C=O) groups excluding carboxylic acids is 1. The van der Waals surface area contributed by atoms with Crippen molar-refractivity contribution in [1.29, 1.82) is 0 Å². The van der Waals surface area contributed by atoms with Gasteiger partial charge in [0, 0.05) is 31.6 Å². The van der Waals surface area contributed by atoms with Crippen LogP contribution in [-0.4, -0.2) is 44.4 Å². The summed E-state index contributed by atoms with van der Waals surface area (Å²) in [6, 6.07) is 30.8. The second kappa shape index (κ2) is 13.0. The van der Waals surface area contributed by atoms with E-state index in [-0.39, 0.29) is 6.09 Å². The number of amides is 1. The Labute approximate surface area is 282 Å². The predicted octanol–water partition coefficient (Wildman–Crippen LogP) is 8.69. The molecule has 1 amide bonds. The van der Waals surface area contributed by atoms with Crippen LogP contribution in [0, 0.1) is 5.41 Å². The first-order valence-electron chi connectivity index (χ1n) is 16.9. The van der Waals surface area contributed by atoms with Crippen LogP contribution in [0.15, 0.2) is 91.0 Å². The van der Waals surface area contributed by atoms with Gasteiger partial charge in [0.15, 0.2) is 0 Å². The van der Waals surface area contributed by atoms with Crippen LogP contribution in [0.25, 0.3) is 22.2 Å². The van der Waals surface area contributed by atoms with Gasteiger partial charge in [0.1, 0.15) is 24.5 Å². The minimum absolute atomic E-state index is 0.191. The first-order chi connectivity index (χ1) is 23.1. The summed E-state index contributed by atoms with van der Waals surface area (Å²) in [4.78, 5) is 19.3. The number of hydrogen-bond acceptors (Lipinski definition) is 6. The maximum absolute atomic E-state index is 12.6. The van der Waals surface area contributed by atoms with Gasteiger partial charge in [-0.3, -0.25) is 4.68 Å². The zero-order valence-electron chi connectivity index (χ0n) is 28.3. The van der Waals surface area contributed by atoms with Crippen molar-refractivity contribution < 1.29 is 19.0 Å². The number of likely N-dealkylation sites (tertiary alicyclic amines) is 1. The van der Waals surface area contributed by atoms with E-state index in [1.807, 2.05) is 110 Å². The van der Waals surface area contributed by atoms with Crippen LogP contribution >= 0.6 is 0 Å². The molecule has 2 fully saturated rings. The van der Waals surface area contributed by atoms with Crippen LogP contribution in [0.4, 0.5) is 4.79 Å². The molecular formula is C40H44N4O4. The van der Waals surface area contributed by atoms with Crippen molar-refractivity contribution >= 4 is 17.0 Å². The van der Waals surface area contributed by atoms with Gasteiger partial charge in [-0.05, 0) is 86.6 Å². The molecular weight excluding hydrogens is 600 g/mol. The molecule has 7 rings (SSSR count).